The quantitative estimate of drug-likeness (QED) is 0.728. The Morgan fingerprint density at radius 1 is 1.12 bits per heavy atom. The van der Waals surface area contributed by atoms with E-state index < -0.39 is 22.6 Å². The molecule has 1 aliphatic carbocycles. The summed E-state index contributed by atoms with van der Waals surface area (Å²) in [5, 5.41) is 2.75. The molecule has 2 aliphatic rings. The largest absolute Gasteiger partial charge is 0.416 e. The first-order chi connectivity index (χ1) is 10.4. The summed E-state index contributed by atoms with van der Waals surface area (Å²) in [6.45, 7) is 2.93. The molecule has 0 spiro atoms. The summed E-state index contributed by atoms with van der Waals surface area (Å²) in [5.41, 5.74) is -0.793. The van der Waals surface area contributed by atoms with Gasteiger partial charge in [0.1, 0.15) is 5.82 Å². The number of nitrogens with one attached hydrogen (secondary N) is 1. The van der Waals surface area contributed by atoms with Crippen LogP contribution in [0.2, 0.25) is 5.02 Å². The highest BCUT2D eigenvalue weighted by atomic mass is 35.5. The zero-order valence-electron chi connectivity index (χ0n) is 12.7. The fourth-order valence-electron chi connectivity index (χ4n) is 3.11. The molecule has 1 saturated heterocycles. The molecule has 1 aromatic carbocycles. The molecule has 1 atom stereocenters. The van der Waals surface area contributed by atoms with E-state index in [1.165, 1.54) is 0 Å². The fraction of sp³-hybridized carbons (Fsp3) is 0.600. The van der Waals surface area contributed by atoms with Crippen LogP contribution in [0, 0.1) is 11.7 Å². The molecule has 24 heavy (non-hydrogen) atoms. The molecule has 3 rings (SSSR count). The maximum atomic E-state index is 14.4. The number of hydrogen-bond acceptors (Lipinski definition) is 2. The second-order valence-electron chi connectivity index (χ2n) is 5.93. The van der Waals surface area contributed by atoms with Gasteiger partial charge in [-0.15, -0.1) is 24.8 Å². The van der Waals surface area contributed by atoms with E-state index in [1.54, 1.807) is 0 Å². The predicted molar refractivity (Wildman–Crippen MR) is 90.8 cm³/mol. The monoisotopic (exact) mass is 408 g/mol. The first-order valence-electron chi connectivity index (χ1n) is 7.39. The second-order valence-corrected chi connectivity index (χ2v) is 6.33. The lowest BCUT2D eigenvalue weighted by Crippen LogP contribution is -2.46. The molecule has 2 nitrogen and oxygen atoms in total. The van der Waals surface area contributed by atoms with Gasteiger partial charge in [0.25, 0.3) is 0 Å². The van der Waals surface area contributed by atoms with E-state index in [-0.39, 0.29) is 42.3 Å². The third-order valence-corrected chi connectivity index (χ3v) is 4.59. The zero-order chi connectivity index (χ0) is 15.9. The molecule has 1 N–H and O–H groups in total. The van der Waals surface area contributed by atoms with Gasteiger partial charge in [-0.1, -0.05) is 11.6 Å². The van der Waals surface area contributed by atoms with Crippen molar-refractivity contribution < 1.29 is 17.6 Å². The zero-order valence-corrected chi connectivity index (χ0v) is 15.1. The SMILES string of the molecule is Cl.Cl.Fc1c(Cl)cc(C(F)(F)F)cc1[C@@H](C1CC1)N1CCNCC1. The van der Waals surface area contributed by atoms with Crippen LogP contribution in [0.25, 0.3) is 0 Å². The normalized spacial score (nSPS) is 20.0. The van der Waals surface area contributed by atoms with Crippen molar-refractivity contribution in [1.82, 2.24) is 10.2 Å². The molecule has 2 fully saturated rings. The number of halogens is 7. The van der Waals surface area contributed by atoms with Crippen molar-refractivity contribution in [3.8, 4) is 0 Å². The van der Waals surface area contributed by atoms with Crippen molar-refractivity contribution in [1.29, 1.82) is 0 Å². The van der Waals surface area contributed by atoms with Gasteiger partial charge in [-0.25, -0.2) is 4.39 Å². The topological polar surface area (TPSA) is 15.3 Å². The van der Waals surface area contributed by atoms with Crippen molar-refractivity contribution >= 4 is 36.4 Å². The number of nitrogens with zero attached hydrogens (tertiary/aromatic N) is 1. The second kappa shape index (κ2) is 8.41. The Kier molecular flexibility index (Phi) is 7.63. The lowest BCUT2D eigenvalue weighted by atomic mass is 9.97. The van der Waals surface area contributed by atoms with E-state index >= 15 is 0 Å². The van der Waals surface area contributed by atoms with Gasteiger partial charge in [-0.2, -0.15) is 13.2 Å². The Bertz CT molecular complexity index is 558. The Hall–Kier alpha value is -0.270. The van der Waals surface area contributed by atoms with Crippen molar-refractivity contribution in [3.63, 3.8) is 0 Å². The van der Waals surface area contributed by atoms with E-state index in [2.05, 4.69) is 10.2 Å². The number of hydrogen-bond donors (Lipinski definition) is 1. The molecule has 0 bridgehead atoms. The molecule has 9 heteroatoms. The van der Waals surface area contributed by atoms with Gasteiger partial charge in [0.05, 0.1) is 10.6 Å². The molecule has 1 saturated carbocycles. The van der Waals surface area contributed by atoms with Crippen LogP contribution >= 0.6 is 36.4 Å². The average Bonchev–Trinajstić information content (AvgIpc) is 3.28. The van der Waals surface area contributed by atoms with Crippen molar-refractivity contribution in [2.45, 2.75) is 25.1 Å². The van der Waals surface area contributed by atoms with Gasteiger partial charge >= 0.3 is 6.18 Å². The number of benzene rings is 1. The van der Waals surface area contributed by atoms with Crippen LogP contribution < -0.4 is 5.32 Å². The average molecular weight is 410 g/mol. The fourth-order valence-corrected chi connectivity index (χ4v) is 3.34. The van der Waals surface area contributed by atoms with E-state index in [0.29, 0.717) is 19.2 Å². The van der Waals surface area contributed by atoms with E-state index in [0.717, 1.165) is 32.0 Å². The van der Waals surface area contributed by atoms with Gasteiger partial charge < -0.3 is 5.32 Å². The predicted octanol–water partition coefficient (Wildman–Crippen LogP) is 4.70. The molecule has 0 unspecified atom stereocenters. The van der Waals surface area contributed by atoms with E-state index in [1.807, 2.05) is 0 Å². The van der Waals surface area contributed by atoms with Crippen molar-refractivity contribution in [3.05, 3.63) is 34.1 Å². The minimum Gasteiger partial charge on any atom is -0.314 e. The van der Waals surface area contributed by atoms with Gasteiger partial charge in [0.15, 0.2) is 0 Å². The lowest BCUT2D eigenvalue weighted by molar-refractivity contribution is -0.137. The summed E-state index contributed by atoms with van der Waals surface area (Å²) in [6, 6.07) is 1.29. The molecular formula is C15H19Cl3F4N2. The van der Waals surface area contributed by atoms with Crippen LogP contribution in [0.5, 0.6) is 0 Å². The molecular weight excluding hydrogens is 391 g/mol. The Morgan fingerprint density at radius 3 is 2.21 bits per heavy atom. The van der Waals surface area contributed by atoms with Crippen molar-refractivity contribution in [2.75, 3.05) is 26.2 Å². The lowest BCUT2D eigenvalue weighted by Gasteiger charge is -2.36. The summed E-state index contributed by atoms with van der Waals surface area (Å²) in [7, 11) is 0. The highest BCUT2D eigenvalue weighted by molar-refractivity contribution is 6.30. The van der Waals surface area contributed by atoms with Gasteiger partial charge in [0.2, 0.25) is 0 Å². The number of rotatable bonds is 3. The number of piperazine rings is 1. The summed E-state index contributed by atoms with van der Waals surface area (Å²) in [6.07, 6.45) is -2.69. The third-order valence-electron chi connectivity index (χ3n) is 4.32. The molecule has 0 radical (unpaired) electrons. The Labute approximate surface area is 155 Å². The van der Waals surface area contributed by atoms with Crippen LogP contribution in [0.1, 0.15) is 30.0 Å². The van der Waals surface area contributed by atoms with E-state index in [4.69, 9.17) is 11.6 Å². The summed E-state index contributed by atoms with van der Waals surface area (Å²) in [5.74, 6) is -0.503. The third kappa shape index (κ3) is 4.67. The summed E-state index contributed by atoms with van der Waals surface area (Å²) >= 11 is 5.73. The van der Waals surface area contributed by atoms with Crippen LogP contribution in [-0.4, -0.2) is 31.1 Å². The molecule has 138 valence electrons. The van der Waals surface area contributed by atoms with Crippen molar-refractivity contribution in [2.24, 2.45) is 5.92 Å². The van der Waals surface area contributed by atoms with Crippen LogP contribution in [-0.2, 0) is 6.18 Å². The Morgan fingerprint density at radius 2 is 1.71 bits per heavy atom. The van der Waals surface area contributed by atoms with E-state index in [9.17, 15) is 17.6 Å². The summed E-state index contributed by atoms with van der Waals surface area (Å²) in [4.78, 5) is 2.07. The van der Waals surface area contributed by atoms with Gasteiger partial charge in [-0.3, -0.25) is 4.90 Å². The minimum absolute atomic E-state index is 0. The Balaban J connectivity index is 0.00000144. The molecule has 0 aromatic heterocycles. The first kappa shape index (κ1) is 21.8. The standard InChI is InChI=1S/C15H17ClF4N2.2ClH/c16-12-8-10(15(18,19)20)7-11(13(12)17)14(9-1-2-9)22-5-3-21-4-6-22;;/h7-9,14,21H,1-6H2;2*1H/t14-;;/m1../s1. The molecule has 1 heterocycles. The van der Waals surface area contributed by atoms with Crippen LogP contribution in [0.4, 0.5) is 17.6 Å². The van der Waals surface area contributed by atoms with Gasteiger partial charge in [-0.05, 0) is 30.9 Å². The highest BCUT2D eigenvalue weighted by Crippen LogP contribution is 2.47. The molecule has 1 aliphatic heterocycles. The molecule has 0 amide bonds. The first-order valence-corrected chi connectivity index (χ1v) is 7.76. The number of alkyl halides is 3. The smallest absolute Gasteiger partial charge is 0.314 e. The van der Waals surface area contributed by atoms with Crippen LogP contribution in [0.3, 0.4) is 0 Å². The summed E-state index contributed by atoms with van der Waals surface area (Å²) < 4.78 is 53.4. The van der Waals surface area contributed by atoms with Gasteiger partial charge in [0, 0.05) is 37.8 Å². The minimum atomic E-state index is -4.52. The highest BCUT2D eigenvalue weighted by Gasteiger charge is 2.40. The van der Waals surface area contributed by atoms with Crippen LogP contribution in [0.15, 0.2) is 12.1 Å². The maximum Gasteiger partial charge on any atom is 0.416 e. The maximum absolute atomic E-state index is 14.4. The molecule has 1 aromatic rings.